The van der Waals surface area contributed by atoms with Gasteiger partial charge in [-0.1, -0.05) is 18.2 Å². The van der Waals surface area contributed by atoms with Crippen molar-refractivity contribution in [3.63, 3.8) is 0 Å². The highest BCUT2D eigenvalue weighted by Crippen LogP contribution is 2.20. The molecule has 0 aliphatic carbocycles. The number of esters is 2. The first-order valence-corrected chi connectivity index (χ1v) is 7.01. The number of aromatic nitrogens is 3. The Kier molecular flexibility index (Phi) is 4.11. The van der Waals surface area contributed by atoms with Gasteiger partial charge in [-0.2, -0.15) is 0 Å². The monoisotopic (exact) mass is 326 g/mol. The SMILES string of the molecule is COC(=O)/C=C/N=c1nc2ccccc3c(C(=O)OC)c[nH]n1c23. The Balaban J connectivity index is 2.29. The van der Waals surface area contributed by atoms with Crippen molar-refractivity contribution >= 4 is 28.4 Å². The summed E-state index contributed by atoms with van der Waals surface area (Å²) in [6.07, 6.45) is 4.02. The summed E-state index contributed by atoms with van der Waals surface area (Å²) in [6.45, 7) is 0. The molecule has 0 amide bonds. The van der Waals surface area contributed by atoms with Crippen molar-refractivity contribution in [3.05, 3.63) is 53.9 Å². The summed E-state index contributed by atoms with van der Waals surface area (Å²) in [5.74, 6) is -0.965. The summed E-state index contributed by atoms with van der Waals surface area (Å²) in [5, 5.41) is 3.63. The highest BCUT2D eigenvalue weighted by atomic mass is 16.5. The minimum absolute atomic E-state index is 0.331. The fraction of sp³-hybridized carbons (Fsp3) is 0.125. The molecule has 3 aromatic rings. The van der Waals surface area contributed by atoms with Crippen LogP contribution in [-0.4, -0.2) is 40.8 Å². The summed E-state index contributed by atoms with van der Waals surface area (Å²) >= 11 is 0. The van der Waals surface area contributed by atoms with Gasteiger partial charge < -0.3 is 9.47 Å². The highest BCUT2D eigenvalue weighted by molar-refractivity contribution is 6.06. The minimum atomic E-state index is -0.513. The number of hydrogen-bond donors (Lipinski definition) is 1. The second-order valence-electron chi connectivity index (χ2n) is 4.76. The molecule has 0 unspecified atom stereocenters. The van der Waals surface area contributed by atoms with Crippen LogP contribution in [0.25, 0.3) is 16.4 Å². The van der Waals surface area contributed by atoms with E-state index in [0.29, 0.717) is 27.6 Å². The molecule has 0 bridgehead atoms. The van der Waals surface area contributed by atoms with E-state index in [1.54, 1.807) is 16.6 Å². The largest absolute Gasteiger partial charge is 0.466 e. The third-order valence-electron chi connectivity index (χ3n) is 3.41. The van der Waals surface area contributed by atoms with Crippen LogP contribution in [0.3, 0.4) is 0 Å². The first-order chi connectivity index (χ1) is 11.7. The number of nitrogens with one attached hydrogen (secondary N) is 1. The van der Waals surface area contributed by atoms with Crippen LogP contribution in [0, 0.1) is 0 Å². The first kappa shape index (κ1) is 15.5. The molecule has 0 aliphatic rings. The molecule has 3 rings (SSSR count). The number of H-pyrrole nitrogens is 1. The van der Waals surface area contributed by atoms with E-state index >= 15 is 0 Å². The molecule has 122 valence electrons. The average Bonchev–Trinajstić information content (AvgIpc) is 2.81. The molecule has 0 spiro atoms. The Morgan fingerprint density at radius 3 is 2.79 bits per heavy atom. The van der Waals surface area contributed by atoms with Crippen LogP contribution in [0.1, 0.15) is 10.4 Å². The molecule has 0 saturated carbocycles. The fourth-order valence-electron chi connectivity index (χ4n) is 2.32. The topological polar surface area (TPSA) is 98.1 Å². The van der Waals surface area contributed by atoms with E-state index in [0.717, 1.165) is 0 Å². The summed E-state index contributed by atoms with van der Waals surface area (Å²) < 4.78 is 10.9. The molecule has 2 aromatic heterocycles. The summed E-state index contributed by atoms with van der Waals surface area (Å²) in [4.78, 5) is 31.6. The van der Waals surface area contributed by atoms with Gasteiger partial charge in [0.1, 0.15) is 5.52 Å². The van der Waals surface area contributed by atoms with Gasteiger partial charge in [-0.25, -0.2) is 24.1 Å². The molecular formula is C16H14N4O4. The molecule has 0 fully saturated rings. The minimum Gasteiger partial charge on any atom is -0.466 e. The van der Waals surface area contributed by atoms with Crippen LogP contribution >= 0.6 is 0 Å². The fourth-order valence-corrected chi connectivity index (χ4v) is 2.32. The Bertz CT molecular complexity index is 1030. The second-order valence-corrected chi connectivity index (χ2v) is 4.76. The third-order valence-corrected chi connectivity index (χ3v) is 3.41. The quantitative estimate of drug-likeness (QED) is 0.576. The lowest BCUT2D eigenvalue weighted by Gasteiger charge is -2.04. The number of rotatable bonds is 3. The lowest BCUT2D eigenvalue weighted by atomic mass is 10.2. The van der Waals surface area contributed by atoms with Crippen LogP contribution in [0.5, 0.6) is 0 Å². The smallest absolute Gasteiger partial charge is 0.340 e. The molecule has 0 saturated heterocycles. The van der Waals surface area contributed by atoms with Crippen LogP contribution in [0.2, 0.25) is 0 Å². The van der Waals surface area contributed by atoms with Gasteiger partial charge in [-0.05, 0) is 6.07 Å². The Morgan fingerprint density at radius 2 is 2.04 bits per heavy atom. The summed E-state index contributed by atoms with van der Waals surface area (Å²) in [7, 11) is 2.61. The van der Waals surface area contributed by atoms with Gasteiger partial charge in [0.15, 0.2) is 0 Å². The summed E-state index contributed by atoms with van der Waals surface area (Å²) in [5.41, 5.74) is 2.05. The number of methoxy groups -OCH3 is 2. The zero-order chi connectivity index (χ0) is 17.1. The molecule has 8 nitrogen and oxygen atoms in total. The van der Waals surface area contributed by atoms with Crippen molar-refractivity contribution in [1.82, 2.24) is 14.6 Å². The lowest BCUT2D eigenvalue weighted by Crippen LogP contribution is -2.15. The normalized spacial score (nSPS) is 12.2. The van der Waals surface area contributed by atoms with Crippen LogP contribution in [0.15, 0.2) is 47.7 Å². The molecule has 8 heteroatoms. The predicted octanol–water partition coefficient (Wildman–Crippen LogP) is 1.19. The van der Waals surface area contributed by atoms with Crippen LogP contribution < -0.4 is 5.62 Å². The number of carbonyl (C=O) groups is 2. The van der Waals surface area contributed by atoms with Crippen LogP contribution in [0.4, 0.5) is 0 Å². The van der Waals surface area contributed by atoms with Crippen molar-refractivity contribution in [3.8, 4) is 0 Å². The maximum absolute atomic E-state index is 12.0. The van der Waals surface area contributed by atoms with Crippen molar-refractivity contribution < 1.29 is 19.1 Å². The van der Waals surface area contributed by atoms with Gasteiger partial charge in [0.2, 0.25) is 5.62 Å². The zero-order valence-electron chi connectivity index (χ0n) is 13.0. The van der Waals surface area contributed by atoms with Gasteiger partial charge in [-0.3, -0.25) is 5.10 Å². The van der Waals surface area contributed by atoms with Gasteiger partial charge in [0.05, 0.1) is 25.3 Å². The zero-order valence-corrected chi connectivity index (χ0v) is 13.0. The number of ether oxygens (including phenoxy) is 2. The standard InChI is InChI=1S/C16H14N4O4/c1-23-13(21)7-8-17-16-19-12-6-4-3-5-10-11(15(22)24-2)9-18-20(16)14(10)12/h3-9,18H,1-2H3/b8-7+,17-16?. The van der Waals surface area contributed by atoms with Crippen molar-refractivity contribution in [2.24, 2.45) is 4.99 Å². The number of imidazole rings is 1. The van der Waals surface area contributed by atoms with Gasteiger partial charge >= 0.3 is 11.9 Å². The predicted molar refractivity (Wildman–Crippen MR) is 85.1 cm³/mol. The number of hydrogen-bond acceptors (Lipinski definition) is 6. The van der Waals surface area contributed by atoms with Gasteiger partial charge in [-0.15, -0.1) is 0 Å². The molecule has 1 N–H and O–H groups in total. The van der Waals surface area contributed by atoms with Gasteiger partial charge in [0, 0.05) is 23.9 Å². The van der Waals surface area contributed by atoms with E-state index in [4.69, 9.17) is 4.74 Å². The number of carbonyl (C=O) groups excluding carboxylic acids is 2. The Hall–Kier alpha value is -3.42. The van der Waals surface area contributed by atoms with E-state index < -0.39 is 11.9 Å². The highest BCUT2D eigenvalue weighted by Gasteiger charge is 2.14. The van der Waals surface area contributed by atoms with Gasteiger partial charge in [0.25, 0.3) is 0 Å². The maximum atomic E-state index is 12.0. The first-order valence-electron chi connectivity index (χ1n) is 7.01. The maximum Gasteiger partial charge on any atom is 0.340 e. The lowest BCUT2D eigenvalue weighted by molar-refractivity contribution is -0.134. The molecular weight excluding hydrogens is 312 g/mol. The third kappa shape index (κ3) is 2.65. The Labute approximate surface area is 136 Å². The van der Waals surface area contributed by atoms with E-state index in [2.05, 4.69) is 19.8 Å². The van der Waals surface area contributed by atoms with E-state index in [9.17, 15) is 9.59 Å². The average molecular weight is 326 g/mol. The molecule has 0 radical (unpaired) electrons. The number of nitrogens with zero attached hydrogens (tertiary/aromatic N) is 3. The molecule has 0 atom stereocenters. The van der Waals surface area contributed by atoms with E-state index in [-0.39, 0.29) is 0 Å². The van der Waals surface area contributed by atoms with E-state index in [1.807, 2.05) is 12.1 Å². The van der Waals surface area contributed by atoms with Crippen molar-refractivity contribution in [1.29, 1.82) is 0 Å². The van der Waals surface area contributed by atoms with E-state index in [1.165, 1.54) is 32.7 Å². The molecule has 1 aromatic carbocycles. The van der Waals surface area contributed by atoms with Crippen LogP contribution in [-0.2, 0) is 14.3 Å². The number of aromatic amines is 1. The van der Waals surface area contributed by atoms with Crippen molar-refractivity contribution in [2.45, 2.75) is 0 Å². The molecule has 24 heavy (non-hydrogen) atoms. The Morgan fingerprint density at radius 1 is 1.25 bits per heavy atom. The molecule has 2 heterocycles. The van der Waals surface area contributed by atoms with Crippen molar-refractivity contribution in [2.75, 3.05) is 14.2 Å². The molecule has 0 aliphatic heterocycles. The second kappa shape index (κ2) is 6.37. The summed E-state index contributed by atoms with van der Waals surface area (Å²) in [6, 6.07) is 7.24.